The molecular weight excluding hydrogens is 319 g/mol. The van der Waals surface area contributed by atoms with Crippen LogP contribution in [-0.4, -0.2) is 35.5 Å². The van der Waals surface area contributed by atoms with Gasteiger partial charge < -0.3 is 4.74 Å². The molecule has 1 aromatic carbocycles. The van der Waals surface area contributed by atoms with Gasteiger partial charge in [-0.15, -0.1) is 0 Å². The van der Waals surface area contributed by atoms with Gasteiger partial charge in [-0.05, 0) is 55.6 Å². The fourth-order valence-electron chi connectivity index (χ4n) is 3.28. The highest BCUT2D eigenvalue weighted by Gasteiger charge is 2.26. The number of carbonyl (C=O) groups is 1. The average Bonchev–Trinajstić information content (AvgIpc) is 2.63. The van der Waals surface area contributed by atoms with Crippen molar-refractivity contribution >= 4 is 5.97 Å². The van der Waals surface area contributed by atoms with Crippen LogP contribution in [0.2, 0.25) is 0 Å². The number of carbonyl (C=O) groups excluding carboxylic acids is 1. The van der Waals surface area contributed by atoms with Crippen LogP contribution in [0.4, 0.5) is 4.39 Å². The first-order valence-electron chi connectivity index (χ1n) is 8.74. The van der Waals surface area contributed by atoms with Crippen LogP contribution in [0.1, 0.15) is 25.3 Å². The summed E-state index contributed by atoms with van der Waals surface area (Å²) in [5, 5.41) is 0. The molecule has 132 valence electrons. The van der Waals surface area contributed by atoms with E-state index in [9.17, 15) is 9.18 Å². The average molecular weight is 342 g/mol. The molecule has 1 atom stereocenters. The van der Waals surface area contributed by atoms with E-state index in [0.29, 0.717) is 6.61 Å². The lowest BCUT2D eigenvalue weighted by Gasteiger charge is -2.31. The van der Waals surface area contributed by atoms with Gasteiger partial charge in [0.05, 0.1) is 12.5 Å². The molecular formula is C20H23FN2O2. The number of pyridine rings is 1. The van der Waals surface area contributed by atoms with Crippen LogP contribution in [0.3, 0.4) is 0 Å². The first kappa shape index (κ1) is 17.5. The second-order valence-electron chi connectivity index (χ2n) is 6.42. The van der Waals surface area contributed by atoms with Crippen molar-refractivity contribution in [2.45, 2.75) is 26.3 Å². The van der Waals surface area contributed by atoms with E-state index in [1.165, 1.54) is 12.1 Å². The van der Waals surface area contributed by atoms with Gasteiger partial charge >= 0.3 is 5.97 Å². The summed E-state index contributed by atoms with van der Waals surface area (Å²) in [6.45, 7) is 4.71. The Morgan fingerprint density at radius 2 is 2.08 bits per heavy atom. The minimum Gasteiger partial charge on any atom is -0.466 e. The molecule has 0 amide bonds. The number of esters is 1. The van der Waals surface area contributed by atoms with Gasteiger partial charge in [0.2, 0.25) is 0 Å². The van der Waals surface area contributed by atoms with Gasteiger partial charge in [-0.1, -0.05) is 12.1 Å². The van der Waals surface area contributed by atoms with Crippen molar-refractivity contribution < 1.29 is 13.9 Å². The lowest BCUT2D eigenvalue weighted by atomic mass is 9.97. The van der Waals surface area contributed by atoms with E-state index >= 15 is 0 Å². The fourth-order valence-corrected chi connectivity index (χ4v) is 3.28. The summed E-state index contributed by atoms with van der Waals surface area (Å²) in [7, 11) is 0. The predicted molar refractivity (Wildman–Crippen MR) is 94.3 cm³/mol. The summed E-state index contributed by atoms with van der Waals surface area (Å²) in [5.41, 5.74) is 3.00. The molecule has 2 aromatic rings. The third-order valence-electron chi connectivity index (χ3n) is 4.50. The van der Waals surface area contributed by atoms with E-state index in [2.05, 4.69) is 16.0 Å². The van der Waals surface area contributed by atoms with Gasteiger partial charge in [-0.3, -0.25) is 14.7 Å². The number of aromatic nitrogens is 1. The summed E-state index contributed by atoms with van der Waals surface area (Å²) in [5.74, 6) is -0.376. The van der Waals surface area contributed by atoms with E-state index < -0.39 is 0 Å². The number of hydrogen-bond donors (Lipinski definition) is 0. The van der Waals surface area contributed by atoms with E-state index in [1.54, 1.807) is 18.3 Å². The number of halogens is 1. The smallest absolute Gasteiger partial charge is 0.310 e. The summed E-state index contributed by atoms with van der Waals surface area (Å²) >= 11 is 0. The van der Waals surface area contributed by atoms with Gasteiger partial charge in [0.1, 0.15) is 5.82 Å². The largest absolute Gasteiger partial charge is 0.466 e. The number of rotatable bonds is 5. The molecule has 25 heavy (non-hydrogen) atoms. The van der Waals surface area contributed by atoms with Crippen LogP contribution in [0.5, 0.6) is 0 Å². The maximum atomic E-state index is 13.1. The summed E-state index contributed by atoms with van der Waals surface area (Å²) < 4.78 is 18.2. The highest BCUT2D eigenvalue weighted by Crippen LogP contribution is 2.23. The number of ether oxygens (including phenoxy) is 1. The Bertz CT molecular complexity index is 718. The predicted octanol–water partition coefficient (Wildman–Crippen LogP) is 3.66. The van der Waals surface area contributed by atoms with E-state index in [1.807, 2.05) is 13.1 Å². The molecule has 0 aliphatic carbocycles. The SMILES string of the molecule is CCOC(=O)[C@@H]1CCCN(Cc2cncc(-c3ccc(F)cc3)c2)C1. The second-order valence-corrected chi connectivity index (χ2v) is 6.42. The maximum absolute atomic E-state index is 13.1. The number of piperidine rings is 1. The van der Waals surface area contributed by atoms with Crippen LogP contribution in [0, 0.1) is 11.7 Å². The first-order valence-corrected chi connectivity index (χ1v) is 8.74. The Hall–Kier alpha value is -2.27. The number of likely N-dealkylation sites (tertiary alicyclic amines) is 1. The van der Waals surface area contributed by atoms with Crippen molar-refractivity contribution in [2.75, 3.05) is 19.7 Å². The normalized spacial score (nSPS) is 18.1. The summed E-state index contributed by atoms with van der Waals surface area (Å²) in [4.78, 5) is 18.6. The minimum absolute atomic E-state index is 0.0399. The topological polar surface area (TPSA) is 42.4 Å². The minimum atomic E-state index is -0.244. The molecule has 0 unspecified atom stereocenters. The number of benzene rings is 1. The van der Waals surface area contributed by atoms with Gasteiger partial charge in [-0.2, -0.15) is 0 Å². The second kappa shape index (κ2) is 8.21. The van der Waals surface area contributed by atoms with Crippen molar-refractivity contribution in [3.05, 3.63) is 54.1 Å². The quantitative estimate of drug-likeness (QED) is 0.778. The molecule has 0 bridgehead atoms. The van der Waals surface area contributed by atoms with Gasteiger partial charge in [-0.25, -0.2) is 4.39 Å². The molecule has 1 aromatic heterocycles. The third kappa shape index (κ3) is 4.63. The van der Waals surface area contributed by atoms with Gasteiger partial charge in [0.25, 0.3) is 0 Å². The van der Waals surface area contributed by atoms with Crippen LogP contribution >= 0.6 is 0 Å². The molecule has 4 nitrogen and oxygen atoms in total. The van der Waals surface area contributed by atoms with Crippen molar-refractivity contribution in [1.82, 2.24) is 9.88 Å². The zero-order valence-electron chi connectivity index (χ0n) is 14.5. The van der Waals surface area contributed by atoms with Crippen LogP contribution in [0.25, 0.3) is 11.1 Å². The summed E-state index contributed by atoms with van der Waals surface area (Å²) in [6, 6.07) is 8.50. The van der Waals surface area contributed by atoms with Crippen molar-refractivity contribution in [2.24, 2.45) is 5.92 Å². The van der Waals surface area contributed by atoms with Crippen molar-refractivity contribution in [3.63, 3.8) is 0 Å². The Morgan fingerprint density at radius 3 is 2.84 bits per heavy atom. The monoisotopic (exact) mass is 342 g/mol. The molecule has 5 heteroatoms. The van der Waals surface area contributed by atoms with Crippen LogP contribution in [0.15, 0.2) is 42.7 Å². The molecule has 1 aliphatic heterocycles. The van der Waals surface area contributed by atoms with E-state index in [-0.39, 0.29) is 17.7 Å². The highest BCUT2D eigenvalue weighted by atomic mass is 19.1. The molecule has 1 saturated heterocycles. The molecule has 1 fully saturated rings. The maximum Gasteiger partial charge on any atom is 0.310 e. The van der Waals surface area contributed by atoms with Gasteiger partial charge in [0.15, 0.2) is 0 Å². The first-order chi connectivity index (χ1) is 12.2. The van der Waals surface area contributed by atoms with Crippen LogP contribution < -0.4 is 0 Å². The van der Waals surface area contributed by atoms with Crippen molar-refractivity contribution in [1.29, 1.82) is 0 Å². The van der Waals surface area contributed by atoms with E-state index in [4.69, 9.17) is 4.74 Å². The number of hydrogen-bond acceptors (Lipinski definition) is 4. The Kier molecular flexibility index (Phi) is 5.76. The van der Waals surface area contributed by atoms with Gasteiger partial charge in [0, 0.05) is 31.0 Å². The molecule has 2 heterocycles. The molecule has 0 radical (unpaired) electrons. The zero-order valence-corrected chi connectivity index (χ0v) is 14.5. The fraction of sp³-hybridized carbons (Fsp3) is 0.400. The highest BCUT2D eigenvalue weighted by molar-refractivity contribution is 5.72. The molecule has 3 rings (SSSR count). The summed E-state index contributed by atoms with van der Waals surface area (Å²) in [6.07, 6.45) is 5.52. The standard InChI is InChI=1S/C20H23FN2O2/c1-2-25-20(24)17-4-3-9-23(14-17)13-15-10-18(12-22-11-15)16-5-7-19(21)8-6-16/h5-8,10-12,17H,2-4,9,13-14H2,1H3/t17-/m1/s1. The Morgan fingerprint density at radius 1 is 1.28 bits per heavy atom. The van der Waals surface area contributed by atoms with E-state index in [0.717, 1.165) is 49.2 Å². The van der Waals surface area contributed by atoms with Crippen molar-refractivity contribution in [3.8, 4) is 11.1 Å². The lowest BCUT2D eigenvalue weighted by Crippen LogP contribution is -2.38. The molecule has 0 spiro atoms. The Balaban J connectivity index is 1.67. The van der Waals surface area contributed by atoms with Crippen LogP contribution in [-0.2, 0) is 16.1 Å². The Labute approximate surface area is 147 Å². The third-order valence-corrected chi connectivity index (χ3v) is 4.50. The molecule has 0 saturated carbocycles. The number of nitrogens with zero attached hydrogens (tertiary/aromatic N) is 2. The molecule has 1 aliphatic rings. The molecule has 0 N–H and O–H groups in total. The zero-order chi connectivity index (χ0) is 17.6. The lowest BCUT2D eigenvalue weighted by molar-refractivity contribution is -0.150.